The van der Waals surface area contributed by atoms with Crippen molar-refractivity contribution in [2.45, 2.75) is 30.2 Å². The summed E-state index contributed by atoms with van der Waals surface area (Å²) in [5.41, 5.74) is 2.76. The van der Waals surface area contributed by atoms with Crippen LogP contribution in [0.3, 0.4) is 0 Å². The van der Waals surface area contributed by atoms with Gasteiger partial charge in [-0.1, -0.05) is 36.0 Å². The fraction of sp³-hybridized carbons (Fsp3) is 0.318. The van der Waals surface area contributed by atoms with Gasteiger partial charge in [-0.2, -0.15) is 5.26 Å². The van der Waals surface area contributed by atoms with Gasteiger partial charge >= 0.3 is 0 Å². The lowest BCUT2D eigenvalue weighted by molar-refractivity contribution is 0.412. The van der Waals surface area contributed by atoms with E-state index in [0.717, 1.165) is 46.9 Å². The number of anilines is 1. The van der Waals surface area contributed by atoms with E-state index in [4.69, 9.17) is 10.00 Å². The van der Waals surface area contributed by atoms with Gasteiger partial charge in [-0.05, 0) is 49.1 Å². The van der Waals surface area contributed by atoms with Gasteiger partial charge in [-0.25, -0.2) is 0 Å². The van der Waals surface area contributed by atoms with Crippen LogP contribution in [-0.4, -0.2) is 35.0 Å². The summed E-state index contributed by atoms with van der Waals surface area (Å²) in [6.45, 7) is 1.99. The zero-order valence-electron chi connectivity index (χ0n) is 16.4. The van der Waals surface area contributed by atoms with Crippen molar-refractivity contribution in [2.24, 2.45) is 0 Å². The Hall–Kier alpha value is -2.98. The smallest absolute Gasteiger partial charge is 0.232 e. The highest BCUT2D eigenvalue weighted by atomic mass is 32.2. The largest absolute Gasteiger partial charge is 0.495 e. The van der Waals surface area contributed by atoms with Crippen LogP contribution >= 0.6 is 11.8 Å². The third kappa shape index (κ3) is 4.22. The number of benzene rings is 2. The van der Waals surface area contributed by atoms with E-state index in [1.807, 2.05) is 48.5 Å². The van der Waals surface area contributed by atoms with Crippen LogP contribution < -0.4 is 9.64 Å². The van der Waals surface area contributed by atoms with Crippen molar-refractivity contribution in [1.82, 2.24) is 14.8 Å². The number of methoxy groups -OCH3 is 1. The van der Waals surface area contributed by atoms with Crippen molar-refractivity contribution in [2.75, 3.05) is 25.1 Å². The second-order valence-electron chi connectivity index (χ2n) is 6.93. The summed E-state index contributed by atoms with van der Waals surface area (Å²) in [5, 5.41) is 18.9. The summed E-state index contributed by atoms with van der Waals surface area (Å²) >= 11 is 1.64. The lowest BCUT2D eigenvalue weighted by Gasteiger charge is -2.28. The van der Waals surface area contributed by atoms with E-state index in [2.05, 4.69) is 25.7 Å². The van der Waals surface area contributed by atoms with Crippen molar-refractivity contribution in [1.29, 1.82) is 5.26 Å². The first-order valence-electron chi connectivity index (χ1n) is 9.76. The fourth-order valence-corrected chi connectivity index (χ4v) is 4.40. The second-order valence-corrected chi connectivity index (χ2v) is 7.88. The molecule has 0 spiro atoms. The zero-order chi connectivity index (χ0) is 20.1. The van der Waals surface area contributed by atoms with E-state index >= 15 is 0 Å². The number of piperidine rings is 1. The first-order chi connectivity index (χ1) is 14.3. The van der Waals surface area contributed by atoms with Crippen molar-refractivity contribution in [3.63, 3.8) is 0 Å². The molecule has 1 aliphatic rings. The quantitative estimate of drug-likeness (QED) is 0.565. The number of thioether (sulfide) groups is 1. The number of hydrogen-bond acceptors (Lipinski definition) is 6. The molecule has 0 radical (unpaired) electrons. The summed E-state index contributed by atoms with van der Waals surface area (Å²) in [6, 6.07) is 17.8. The first-order valence-corrected chi connectivity index (χ1v) is 10.7. The molecule has 0 unspecified atom stereocenters. The Bertz CT molecular complexity index is 1000. The Kier molecular flexibility index (Phi) is 6.01. The van der Waals surface area contributed by atoms with Gasteiger partial charge in [-0.3, -0.25) is 4.57 Å². The maximum absolute atomic E-state index is 8.98. The number of hydrogen-bond donors (Lipinski definition) is 0. The molecular formula is C22H23N5OS. The van der Waals surface area contributed by atoms with E-state index in [1.54, 1.807) is 18.9 Å². The van der Waals surface area contributed by atoms with Gasteiger partial charge < -0.3 is 9.64 Å². The van der Waals surface area contributed by atoms with Crippen LogP contribution in [0.15, 0.2) is 53.7 Å². The van der Waals surface area contributed by atoms with Crippen LogP contribution in [0.25, 0.3) is 5.69 Å². The summed E-state index contributed by atoms with van der Waals surface area (Å²) in [6.07, 6.45) is 3.61. The molecule has 29 heavy (non-hydrogen) atoms. The van der Waals surface area contributed by atoms with E-state index in [1.165, 1.54) is 19.3 Å². The maximum Gasteiger partial charge on any atom is 0.232 e. The van der Waals surface area contributed by atoms with Gasteiger partial charge in [0, 0.05) is 18.8 Å². The third-order valence-corrected chi connectivity index (χ3v) is 6.03. The molecule has 2 heterocycles. The predicted molar refractivity (Wildman–Crippen MR) is 115 cm³/mol. The Labute approximate surface area is 175 Å². The van der Waals surface area contributed by atoms with Gasteiger partial charge in [0.1, 0.15) is 5.75 Å². The molecule has 1 aromatic heterocycles. The lowest BCUT2D eigenvalue weighted by Crippen LogP contribution is -2.31. The first kappa shape index (κ1) is 19.3. The molecule has 7 heteroatoms. The monoisotopic (exact) mass is 405 g/mol. The molecule has 3 aromatic rings. The topological polar surface area (TPSA) is 67.0 Å². The molecule has 0 saturated carbocycles. The molecule has 2 aromatic carbocycles. The van der Waals surface area contributed by atoms with Crippen LogP contribution in [0.5, 0.6) is 5.75 Å². The van der Waals surface area contributed by atoms with Crippen LogP contribution in [0.2, 0.25) is 0 Å². The minimum Gasteiger partial charge on any atom is -0.495 e. The summed E-state index contributed by atoms with van der Waals surface area (Å²) in [7, 11) is 1.69. The highest BCUT2D eigenvalue weighted by Gasteiger charge is 2.23. The Morgan fingerprint density at radius 2 is 1.79 bits per heavy atom. The Balaban J connectivity index is 1.67. The van der Waals surface area contributed by atoms with Crippen molar-refractivity contribution in [3.05, 3.63) is 59.7 Å². The van der Waals surface area contributed by atoms with Gasteiger partial charge in [0.05, 0.1) is 24.4 Å². The molecule has 1 aliphatic heterocycles. The highest BCUT2D eigenvalue weighted by molar-refractivity contribution is 7.98. The number of para-hydroxylation sites is 2. The molecule has 4 rings (SSSR count). The Morgan fingerprint density at radius 3 is 2.52 bits per heavy atom. The van der Waals surface area contributed by atoms with Gasteiger partial charge in [0.15, 0.2) is 5.16 Å². The van der Waals surface area contributed by atoms with E-state index < -0.39 is 0 Å². The maximum atomic E-state index is 8.98. The summed E-state index contributed by atoms with van der Waals surface area (Å²) < 4.78 is 7.73. The van der Waals surface area contributed by atoms with Crippen molar-refractivity contribution >= 4 is 17.7 Å². The molecule has 0 atom stereocenters. The average molecular weight is 406 g/mol. The average Bonchev–Trinajstić information content (AvgIpc) is 3.22. The van der Waals surface area contributed by atoms with Crippen LogP contribution in [0, 0.1) is 11.3 Å². The van der Waals surface area contributed by atoms with Crippen LogP contribution in [-0.2, 0) is 5.75 Å². The minimum absolute atomic E-state index is 0.670. The number of aromatic nitrogens is 3. The Morgan fingerprint density at radius 1 is 1.03 bits per heavy atom. The van der Waals surface area contributed by atoms with Crippen LogP contribution in [0.4, 0.5) is 5.95 Å². The molecule has 1 saturated heterocycles. The van der Waals surface area contributed by atoms with Crippen LogP contribution in [0.1, 0.15) is 30.4 Å². The molecule has 0 aliphatic carbocycles. The van der Waals surface area contributed by atoms with Crippen molar-refractivity contribution < 1.29 is 4.74 Å². The van der Waals surface area contributed by atoms with E-state index in [0.29, 0.717) is 5.56 Å². The minimum atomic E-state index is 0.670. The predicted octanol–water partition coefficient (Wildman–Crippen LogP) is 4.43. The fourth-order valence-electron chi connectivity index (χ4n) is 3.50. The highest BCUT2D eigenvalue weighted by Crippen LogP contribution is 2.33. The lowest BCUT2D eigenvalue weighted by atomic mass is 10.1. The number of ether oxygens (including phenoxy) is 1. The summed E-state index contributed by atoms with van der Waals surface area (Å²) in [5.74, 6) is 2.42. The molecule has 0 bridgehead atoms. The molecule has 148 valence electrons. The standard InChI is InChI=1S/C22H23N5OS/c1-28-20-8-4-3-7-19(20)27-21(26-13-5-2-6-14-26)24-25-22(27)29-16-18-11-9-17(15-23)10-12-18/h3-4,7-12H,2,5-6,13-14,16H2,1H3. The van der Waals surface area contributed by atoms with Crippen molar-refractivity contribution in [3.8, 4) is 17.5 Å². The van der Waals surface area contributed by atoms with Gasteiger partial charge in [0.25, 0.3) is 0 Å². The number of nitrogens with zero attached hydrogens (tertiary/aromatic N) is 5. The second kappa shape index (κ2) is 9.01. The van der Waals surface area contributed by atoms with Gasteiger partial charge in [-0.15, -0.1) is 10.2 Å². The molecule has 6 nitrogen and oxygen atoms in total. The van der Waals surface area contributed by atoms with Gasteiger partial charge in [0.2, 0.25) is 5.95 Å². The number of nitriles is 1. The molecule has 0 amide bonds. The third-order valence-electron chi connectivity index (χ3n) is 5.03. The van der Waals surface area contributed by atoms with E-state index in [9.17, 15) is 0 Å². The summed E-state index contributed by atoms with van der Waals surface area (Å²) in [4.78, 5) is 2.31. The molecule has 0 N–H and O–H groups in total. The molecule has 1 fully saturated rings. The number of rotatable bonds is 6. The molecular weight excluding hydrogens is 382 g/mol. The van der Waals surface area contributed by atoms with E-state index in [-0.39, 0.29) is 0 Å². The SMILES string of the molecule is COc1ccccc1-n1c(SCc2ccc(C#N)cc2)nnc1N1CCCCC1. The zero-order valence-corrected chi connectivity index (χ0v) is 17.2. The normalized spacial score (nSPS) is 13.9.